The van der Waals surface area contributed by atoms with Crippen molar-refractivity contribution >= 4 is 0 Å². The summed E-state index contributed by atoms with van der Waals surface area (Å²) in [5.74, 6) is 0.974. The van der Waals surface area contributed by atoms with Gasteiger partial charge in [0.05, 0.1) is 6.61 Å². The predicted molar refractivity (Wildman–Crippen MR) is 64.5 cm³/mol. The topological polar surface area (TPSA) is 21.3 Å². The zero-order chi connectivity index (χ0) is 11.3. The molecule has 2 nitrogen and oxygen atoms in total. The minimum Gasteiger partial charge on any atom is -0.494 e. The Morgan fingerprint density at radius 2 is 2.00 bits per heavy atom. The van der Waals surface area contributed by atoms with E-state index >= 15 is 0 Å². The lowest BCUT2D eigenvalue weighted by Crippen LogP contribution is -2.23. The highest BCUT2D eigenvalue weighted by Crippen LogP contribution is 2.16. The number of rotatable bonds is 5. The Bertz CT molecular complexity index is 309. The largest absolute Gasteiger partial charge is 0.494 e. The summed E-state index contributed by atoms with van der Waals surface area (Å²) in [5.41, 5.74) is 2.60. The summed E-state index contributed by atoms with van der Waals surface area (Å²) >= 11 is 0. The molecule has 0 fully saturated rings. The molecule has 84 valence electrons. The van der Waals surface area contributed by atoms with Crippen LogP contribution in [0.25, 0.3) is 0 Å². The fourth-order valence-corrected chi connectivity index (χ4v) is 1.30. The first kappa shape index (κ1) is 12.1. The lowest BCUT2D eigenvalue weighted by Gasteiger charge is -2.12. The summed E-state index contributed by atoms with van der Waals surface area (Å²) in [5, 5.41) is 3.19. The van der Waals surface area contributed by atoms with Crippen LogP contribution in [-0.2, 0) is 0 Å². The average molecular weight is 207 g/mol. The van der Waals surface area contributed by atoms with Crippen molar-refractivity contribution in [3.63, 3.8) is 0 Å². The van der Waals surface area contributed by atoms with E-state index in [2.05, 4.69) is 38.2 Å². The van der Waals surface area contributed by atoms with E-state index in [1.165, 1.54) is 11.1 Å². The van der Waals surface area contributed by atoms with Gasteiger partial charge in [0.1, 0.15) is 5.75 Å². The van der Waals surface area contributed by atoms with Crippen LogP contribution in [0.1, 0.15) is 24.5 Å². The Hall–Kier alpha value is -1.02. The van der Waals surface area contributed by atoms with Crippen molar-refractivity contribution in [2.45, 2.75) is 33.2 Å². The zero-order valence-electron chi connectivity index (χ0n) is 10.1. The first-order chi connectivity index (χ1) is 7.13. The normalized spacial score (nSPS) is 12.5. The van der Waals surface area contributed by atoms with Gasteiger partial charge in [-0.05, 0) is 57.5 Å². The van der Waals surface area contributed by atoms with Gasteiger partial charge in [-0.3, -0.25) is 0 Å². The molecule has 0 aliphatic carbocycles. The second kappa shape index (κ2) is 5.76. The standard InChI is InChI=1S/C13H21NO/c1-10-5-6-13(9-11(10)2)15-8-7-12(3)14-4/h5-6,9,12,14H,7-8H2,1-4H3. The van der Waals surface area contributed by atoms with E-state index in [0.717, 1.165) is 18.8 Å². The molecule has 0 bridgehead atoms. The van der Waals surface area contributed by atoms with Crippen LogP contribution in [0.2, 0.25) is 0 Å². The summed E-state index contributed by atoms with van der Waals surface area (Å²) in [7, 11) is 1.97. The van der Waals surface area contributed by atoms with E-state index in [-0.39, 0.29) is 0 Å². The van der Waals surface area contributed by atoms with Gasteiger partial charge in [-0.25, -0.2) is 0 Å². The summed E-state index contributed by atoms with van der Waals surface area (Å²) in [6, 6.07) is 6.74. The SMILES string of the molecule is CNC(C)CCOc1ccc(C)c(C)c1. The third-order valence-electron chi connectivity index (χ3n) is 2.79. The quantitative estimate of drug-likeness (QED) is 0.801. The molecule has 2 heteroatoms. The highest BCUT2D eigenvalue weighted by molar-refractivity contribution is 5.33. The van der Waals surface area contributed by atoms with Gasteiger partial charge in [0.2, 0.25) is 0 Å². The monoisotopic (exact) mass is 207 g/mol. The van der Waals surface area contributed by atoms with Gasteiger partial charge in [-0.2, -0.15) is 0 Å². The molecule has 1 unspecified atom stereocenters. The van der Waals surface area contributed by atoms with Gasteiger partial charge in [-0.15, -0.1) is 0 Å². The molecule has 0 saturated heterocycles. The maximum atomic E-state index is 5.67. The molecular formula is C13H21NO. The molecule has 1 aromatic carbocycles. The van der Waals surface area contributed by atoms with Crippen molar-refractivity contribution in [1.29, 1.82) is 0 Å². The van der Waals surface area contributed by atoms with E-state index in [4.69, 9.17) is 4.74 Å². The van der Waals surface area contributed by atoms with Crippen LogP contribution >= 0.6 is 0 Å². The highest BCUT2D eigenvalue weighted by Gasteiger charge is 2.00. The molecular weight excluding hydrogens is 186 g/mol. The molecule has 1 N–H and O–H groups in total. The van der Waals surface area contributed by atoms with E-state index in [1.54, 1.807) is 0 Å². The molecule has 0 amide bonds. The van der Waals surface area contributed by atoms with Crippen LogP contribution in [0.4, 0.5) is 0 Å². The van der Waals surface area contributed by atoms with Gasteiger partial charge < -0.3 is 10.1 Å². The Morgan fingerprint density at radius 3 is 2.60 bits per heavy atom. The smallest absolute Gasteiger partial charge is 0.119 e. The molecule has 0 saturated carbocycles. The van der Waals surface area contributed by atoms with Gasteiger partial charge in [0.25, 0.3) is 0 Å². The summed E-state index contributed by atoms with van der Waals surface area (Å²) in [4.78, 5) is 0. The number of hydrogen-bond donors (Lipinski definition) is 1. The van der Waals surface area contributed by atoms with Crippen LogP contribution < -0.4 is 10.1 Å². The second-order valence-corrected chi connectivity index (χ2v) is 4.07. The minimum atomic E-state index is 0.511. The van der Waals surface area contributed by atoms with Crippen LogP contribution in [0.3, 0.4) is 0 Å². The molecule has 0 spiro atoms. The van der Waals surface area contributed by atoms with Crippen LogP contribution in [0, 0.1) is 13.8 Å². The van der Waals surface area contributed by atoms with Gasteiger partial charge in [-0.1, -0.05) is 6.07 Å². The molecule has 0 aromatic heterocycles. The molecule has 0 aliphatic heterocycles. The third-order valence-corrected chi connectivity index (χ3v) is 2.79. The molecule has 0 aliphatic rings. The van der Waals surface area contributed by atoms with E-state index < -0.39 is 0 Å². The minimum absolute atomic E-state index is 0.511. The first-order valence-electron chi connectivity index (χ1n) is 5.51. The Morgan fingerprint density at radius 1 is 1.27 bits per heavy atom. The summed E-state index contributed by atoms with van der Waals surface area (Å²) in [6.07, 6.45) is 1.03. The summed E-state index contributed by atoms with van der Waals surface area (Å²) < 4.78 is 5.67. The number of hydrogen-bond acceptors (Lipinski definition) is 2. The first-order valence-corrected chi connectivity index (χ1v) is 5.51. The lowest BCUT2D eigenvalue weighted by molar-refractivity contribution is 0.293. The third kappa shape index (κ3) is 3.92. The Labute approximate surface area is 92.6 Å². The van der Waals surface area contributed by atoms with E-state index in [1.807, 2.05) is 13.1 Å². The van der Waals surface area contributed by atoms with Gasteiger partial charge >= 0.3 is 0 Å². The van der Waals surface area contributed by atoms with Crippen molar-refractivity contribution in [2.24, 2.45) is 0 Å². The number of aryl methyl sites for hydroxylation is 2. The number of nitrogens with one attached hydrogen (secondary N) is 1. The lowest BCUT2D eigenvalue weighted by atomic mass is 10.1. The average Bonchev–Trinajstić information content (AvgIpc) is 2.23. The molecule has 1 rings (SSSR count). The van der Waals surface area contributed by atoms with Gasteiger partial charge in [0, 0.05) is 6.04 Å². The van der Waals surface area contributed by atoms with Crippen molar-refractivity contribution in [3.8, 4) is 5.75 Å². The van der Waals surface area contributed by atoms with Crippen LogP contribution in [-0.4, -0.2) is 19.7 Å². The molecule has 0 heterocycles. The Balaban J connectivity index is 2.41. The van der Waals surface area contributed by atoms with Crippen LogP contribution in [0.5, 0.6) is 5.75 Å². The number of benzene rings is 1. The molecule has 0 radical (unpaired) electrons. The Kier molecular flexibility index (Phi) is 4.63. The fraction of sp³-hybridized carbons (Fsp3) is 0.538. The molecule has 1 atom stereocenters. The maximum Gasteiger partial charge on any atom is 0.119 e. The van der Waals surface area contributed by atoms with Crippen molar-refractivity contribution in [3.05, 3.63) is 29.3 Å². The van der Waals surface area contributed by atoms with Crippen molar-refractivity contribution in [2.75, 3.05) is 13.7 Å². The van der Waals surface area contributed by atoms with Crippen molar-refractivity contribution < 1.29 is 4.74 Å². The molecule has 1 aromatic rings. The van der Waals surface area contributed by atoms with E-state index in [9.17, 15) is 0 Å². The van der Waals surface area contributed by atoms with E-state index in [0.29, 0.717) is 6.04 Å². The maximum absolute atomic E-state index is 5.67. The number of ether oxygens (including phenoxy) is 1. The van der Waals surface area contributed by atoms with Gasteiger partial charge in [0.15, 0.2) is 0 Å². The zero-order valence-corrected chi connectivity index (χ0v) is 10.1. The fourth-order valence-electron chi connectivity index (χ4n) is 1.30. The molecule has 15 heavy (non-hydrogen) atoms. The van der Waals surface area contributed by atoms with Crippen LogP contribution in [0.15, 0.2) is 18.2 Å². The second-order valence-electron chi connectivity index (χ2n) is 4.07. The van der Waals surface area contributed by atoms with Crippen molar-refractivity contribution in [1.82, 2.24) is 5.32 Å². The summed E-state index contributed by atoms with van der Waals surface area (Å²) in [6.45, 7) is 7.15. The predicted octanol–water partition coefficient (Wildman–Crippen LogP) is 2.68. The highest BCUT2D eigenvalue weighted by atomic mass is 16.5.